The van der Waals surface area contributed by atoms with Crippen molar-refractivity contribution in [1.29, 1.82) is 0 Å². The summed E-state index contributed by atoms with van der Waals surface area (Å²) in [4.78, 5) is 16.4. The van der Waals surface area contributed by atoms with E-state index in [1.807, 2.05) is 0 Å². The Balaban J connectivity index is 1.90. The van der Waals surface area contributed by atoms with Gasteiger partial charge < -0.3 is 15.5 Å². The summed E-state index contributed by atoms with van der Waals surface area (Å²) in [6.45, 7) is 7.18. The van der Waals surface area contributed by atoms with Gasteiger partial charge in [0.1, 0.15) is 6.26 Å². The van der Waals surface area contributed by atoms with Gasteiger partial charge in [0.2, 0.25) is 5.89 Å². The summed E-state index contributed by atoms with van der Waals surface area (Å²) in [6, 6.07) is -0.253. The Morgan fingerprint density at radius 3 is 1.81 bits per heavy atom. The number of nitrogens with one attached hydrogen (secondary N) is 1. The number of amides is 1. The zero-order chi connectivity index (χ0) is 23.4. The average molecular weight is 450 g/mol. The summed E-state index contributed by atoms with van der Waals surface area (Å²) in [7, 11) is 0. The molecular weight excluding hydrogens is 398 g/mol. The van der Waals surface area contributed by atoms with Crippen molar-refractivity contribution in [1.82, 2.24) is 10.3 Å². The highest BCUT2D eigenvalue weighted by molar-refractivity contribution is 5.91. The second kappa shape index (κ2) is 19.1. The number of hydrogen-bond donors (Lipinski definition) is 2. The lowest BCUT2D eigenvalue weighted by molar-refractivity contribution is 0.0948. The van der Waals surface area contributed by atoms with E-state index in [1.54, 1.807) is 0 Å². The number of oxazole rings is 1. The SMILES string of the molecule is CCCCCCCCCCCCCCCCCCNC(=O)c1coc(C(N)CC(C)C)n1. The van der Waals surface area contributed by atoms with E-state index in [-0.39, 0.29) is 11.9 Å². The van der Waals surface area contributed by atoms with E-state index in [2.05, 4.69) is 31.1 Å². The zero-order valence-electron chi connectivity index (χ0n) is 21.3. The number of carbonyl (C=O) groups is 1. The molecule has 0 aliphatic rings. The normalized spacial score (nSPS) is 12.4. The maximum atomic E-state index is 12.2. The Hall–Kier alpha value is -1.36. The zero-order valence-corrected chi connectivity index (χ0v) is 21.3. The van der Waals surface area contributed by atoms with Crippen molar-refractivity contribution in [2.24, 2.45) is 11.7 Å². The smallest absolute Gasteiger partial charge is 0.273 e. The number of hydrogen-bond acceptors (Lipinski definition) is 4. The standard InChI is InChI=1S/C27H51N3O2/c1-4-5-6-7-8-9-10-11-12-13-14-15-16-17-18-19-20-29-26(31)25-22-32-27(30-25)24(28)21-23(2)3/h22-24H,4-21,28H2,1-3H3,(H,29,31). The van der Waals surface area contributed by atoms with Crippen molar-refractivity contribution >= 4 is 5.91 Å². The first kappa shape index (κ1) is 28.7. The molecule has 5 nitrogen and oxygen atoms in total. The first-order valence-corrected chi connectivity index (χ1v) is 13.5. The number of rotatable bonds is 21. The fourth-order valence-electron chi connectivity index (χ4n) is 4.14. The second-order valence-corrected chi connectivity index (χ2v) is 9.87. The molecule has 1 aromatic heterocycles. The second-order valence-electron chi connectivity index (χ2n) is 9.87. The molecular formula is C27H51N3O2. The lowest BCUT2D eigenvalue weighted by atomic mass is 10.0. The molecule has 0 bridgehead atoms. The van der Waals surface area contributed by atoms with Crippen LogP contribution in [0.5, 0.6) is 0 Å². The van der Waals surface area contributed by atoms with Crippen LogP contribution in [0.15, 0.2) is 10.7 Å². The number of nitrogens with two attached hydrogens (primary N) is 1. The van der Waals surface area contributed by atoms with Crippen molar-refractivity contribution < 1.29 is 9.21 Å². The minimum Gasteiger partial charge on any atom is -0.446 e. The summed E-state index contributed by atoms with van der Waals surface area (Å²) < 4.78 is 5.39. The summed E-state index contributed by atoms with van der Waals surface area (Å²) in [6.07, 6.45) is 23.8. The maximum absolute atomic E-state index is 12.2. The molecule has 3 N–H and O–H groups in total. The van der Waals surface area contributed by atoms with E-state index in [1.165, 1.54) is 103 Å². The Morgan fingerprint density at radius 1 is 0.875 bits per heavy atom. The third kappa shape index (κ3) is 14.7. The third-order valence-corrected chi connectivity index (χ3v) is 6.11. The number of aromatic nitrogens is 1. The van der Waals surface area contributed by atoms with Gasteiger partial charge in [0.05, 0.1) is 6.04 Å². The molecule has 1 unspecified atom stereocenters. The highest BCUT2D eigenvalue weighted by Crippen LogP contribution is 2.18. The van der Waals surface area contributed by atoms with Gasteiger partial charge in [0.25, 0.3) is 5.91 Å². The molecule has 0 aliphatic heterocycles. The molecule has 186 valence electrons. The fraction of sp³-hybridized carbons (Fsp3) is 0.852. The van der Waals surface area contributed by atoms with E-state index in [0.717, 1.165) is 12.8 Å². The summed E-state index contributed by atoms with van der Waals surface area (Å²) in [5.74, 6) is 0.744. The van der Waals surface area contributed by atoms with E-state index >= 15 is 0 Å². The predicted molar refractivity (Wildman–Crippen MR) is 135 cm³/mol. The van der Waals surface area contributed by atoms with Crippen LogP contribution >= 0.6 is 0 Å². The molecule has 0 saturated heterocycles. The maximum Gasteiger partial charge on any atom is 0.273 e. The number of carbonyl (C=O) groups excluding carboxylic acids is 1. The van der Waals surface area contributed by atoms with Crippen LogP contribution in [0, 0.1) is 5.92 Å². The van der Waals surface area contributed by atoms with Gasteiger partial charge in [-0.3, -0.25) is 4.79 Å². The average Bonchev–Trinajstić information content (AvgIpc) is 3.26. The highest BCUT2D eigenvalue weighted by Gasteiger charge is 2.17. The van der Waals surface area contributed by atoms with Gasteiger partial charge in [-0.15, -0.1) is 0 Å². The largest absolute Gasteiger partial charge is 0.446 e. The molecule has 0 radical (unpaired) electrons. The van der Waals surface area contributed by atoms with Gasteiger partial charge in [-0.1, -0.05) is 117 Å². The van der Waals surface area contributed by atoms with Crippen LogP contribution in [-0.2, 0) is 0 Å². The lowest BCUT2D eigenvalue weighted by Crippen LogP contribution is -2.25. The van der Waals surface area contributed by atoms with E-state index in [9.17, 15) is 4.79 Å². The Morgan fingerprint density at radius 2 is 1.34 bits per heavy atom. The van der Waals surface area contributed by atoms with Gasteiger partial charge in [0.15, 0.2) is 5.69 Å². The Bertz CT molecular complexity index is 571. The molecule has 0 fully saturated rings. The van der Waals surface area contributed by atoms with Crippen molar-refractivity contribution in [3.63, 3.8) is 0 Å². The van der Waals surface area contributed by atoms with Crippen LogP contribution < -0.4 is 11.1 Å². The Labute approximate surface area is 197 Å². The lowest BCUT2D eigenvalue weighted by Gasteiger charge is -2.09. The molecule has 0 aliphatic carbocycles. The molecule has 1 heterocycles. The molecule has 0 aromatic carbocycles. The molecule has 0 spiro atoms. The summed E-state index contributed by atoms with van der Waals surface area (Å²) >= 11 is 0. The van der Waals surface area contributed by atoms with Crippen LogP contribution in [-0.4, -0.2) is 17.4 Å². The predicted octanol–water partition coefficient (Wildman–Crippen LogP) is 7.71. The topological polar surface area (TPSA) is 81.2 Å². The molecule has 1 atom stereocenters. The van der Waals surface area contributed by atoms with Crippen molar-refractivity contribution in [2.75, 3.05) is 6.54 Å². The summed E-state index contributed by atoms with van der Waals surface area (Å²) in [5, 5.41) is 2.94. The van der Waals surface area contributed by atoms with Crippen LogP contribution in [0.2, 0.25) is 0 Å². The first-order valence-electron chi connectivity index (χ1n) is 13.5. The summed E-state index contributed by atoms with van der Waals surface area (Å²) in [5.41, 5.74) is 6.40. The van der Waals surface area contributed by atoms with E-state index in [4.69, 9.17) is 10.2 Å². The van der Waals surface area contributed by atoms with Gasteiger partial charge in [-0.2, -0.15) is 0 Å². The highest BCUT2D eigenvalue weighted by atomic mass is 16.3. The Kier molecular flexibility index (Phi) is 17.2. The van der Waals surface area contributed by atoms with Gasteiger partial charge >= 0.3 is 0 Å². The molecule has 1 amide bonds. The van der Waals surface area contributed by atoms with Gasteiger partial charge in [-0.25, -0.2) is 4.98 Å². The fourth-order valence-corrected chi connectivity index (χ4v) is 4.14. The first-order chi connectivity index (χ1) is 15.5. The van der Waals surface area contributed by atoms with Crippen LogP contribution in [0.3, 0.4) is 0 Å². The molecule has 0 saturated carbocycles. The molecule has 1 rings (SSSR count). The number of nitrogens with zero attached hydrogens (tertiary/aromatic N) is 1. The van der Waals surface area contributed by atoms with Crippen molar-refractivity contribution in [3.05, 3.63) is 17.8 Å². The minimum absolute atomic E-state index is 0.169. The van der Waals surface area contributed by atoms with E-state index in [0.29, 0.717) is 24.0 Å². The van der Waals surface area contributed by atoms with Crippen LogP contribution in [0.25, 0.3) is 0 Å². The van der Waals surface area contributed by atoms with Crippen molar-refractivity contribution in [3.8, 4) is 0 Å². The monoisotopic (exact) mass is 449 g/mol. The number of unbranched alkanes of at least 4 members (excludes halogenated alkanes) is 15. The van der Waals surface area contributed by atoms with Crippen LogP contribution in [0.4, 0.5) is 0 Å². The molecule has 5 heteroatoms. The third-order valence-electron chi connectivity index (χ3n) is 6.11. The minimum atomic E-state index is -0.253. The van der Waals surface area contributed by atoms with Crippen molar-refractivity contribution in [2.45, 2.75) is 136 Å². The van der Waals surface area contributed by atoms with Gasteiger partial charge in [0, 0.05) is 6.54 Å². The van der Waals surface area contributed by atoms with Crippen LogP contribution in [0.1, 0.15) is 152 Å². The quantitative estimate of drug-likeness (QED) is 0.188. The van der Waals surface area contributed by atoms with E-state index < -0.39 is 0 Å². The molecule has 32 heavy (non-hydrogen) atoms. The van der Waals surface area contributed by atoms with Gasteiger partial charge in [-0.05, 0) is 18.8 Å². The molecule has 1 aromatic rings.